The van der Waals surface area contributed by atoms with E-state index in [1.165, 1.54) is 6.07 Å². The van der Waals surface area contributed by atoms with E-state index in [1.807, 2.05) is 7.05 Å². The molecular weight excluding hydrogens is 435 g/mol. The molecule has 1 saturated heterocycles. The number of nitrogens with one attached hydrogen (secondary N) is 1. The third kappa shape index (κ3) is 4.87. The van der Waals surface area contributed by atoms with Crippen LogP contribution in [0.1, 0.15) is 40.3 Å². The molecule has 2 aromatic heterocycles. The van der Waals surface area contributed by atoms with Crippen molar-refractivity contribution in [3.8, 4) is 0 Å². The number of carbonyl (C=O) groups excluding carboxylic acids is 1. The van der Waals surface area contributed by atoms with E-state index in [0.717, 1.165) is 25.2 Å². The van der Waals surface area contributed by atoms with E-state index < -0.39 is 17.8 Å². The zero-order chi connectivity index (χ0) is 23.9. The first-order valence-corrected chi connectivity index (χ1v) is 10.6. The number of amides is 1. The lowest BCUT2D eigenvalue weighted by Gasteiger charge is -2.31. The van der Waals surface area contributed by atoms with Crippen LogP contribution in [0.25, 0.3) is 5.52 Å². The van der Waals surface area contributed by atoms with Gasteiger partial charge >= 0.3 is 6.18 Å². The average Bonchev–Trinajstić information content (AvgIpc) is 3.17. The van der Waals surface area contributed by atoms with E-state index in [2.05, 4.69) is 20.3 Å². The number of rotatable bonds is 4. The number of aromatic nitrogens is 3. The van der Waals surface area contributed by atoms with Crippen molar-refractivity contribution < 1.29 is 18.0 Å². The van der Waals surface area contributed by atoms with Gasteiger partial charge in [-0.3, -0.25) is 4.79 Å². The zero-order valence-corrected chi connectivity index (χ0v) is 18.6. The molecular formula is C22H26F3N7O. The van der Waals surface area contributed by atoms with Gasteiger partial charge in [-0.05, 0) is 44.7 Å². The van der Waals surface area contributed by atoms with E-state index in [9.17, 15) is 18.0 Å². The summed E-state index contributed by atoms with van der Waals surface area (Å²) in [4.78, 5) is 21.4. The maximum atomic E-state index is 13.2. The Morgan fingerprint density at radius 2 is 1.85 bits per heavy atom. The van der Waals surface area contributed by atoms with Crippen molar-refractivity contribution in [1.29, 1.82) is 0 Å². The number of fused-ring (bicyclic) bond motifs is 1. The van der Waals surface area contributed by atoms with Crippen LogP contribution in [0.15, 0.2) is 30.5 Å². The molecule has 1 aliphatic heterocycles. The summed E-state index contributed by atoms with van der Waals surface area (Å²) < 4.78 is 41.2. The molecule has 1 atom stereocenters. The van der Waals surface area contributed by atoms with Crippen LogP contribution >= 0.6 is 0 Å². The topological polar surface area (TPSA) is 91.8 Å². The minimum atomic E-state index is -4.50. The third-order valence-corrected chi connectivity index (χ3v) is 5.74. The van der Waals surface area contributed by atoms with Crippen LogP contribution in [0.3, 0.4) is 0 Å². The maximum Gasteiger partial charge on any atom is 0.416 e. The molecule has 176 valence electrons. The Morgan fingerprint density at radius 3 is 2.52 bits per heavy atom. The van der Waals surface area contributed by atoms with Crippen LogP contribution in [-0.2, 0) is 6.18 Å². The largest absolute Gasteiger partial charge is 0.416 e. The molecule has 0 saturated carbocycles. The van der Waals surface area contributed by atoms with Crippen molar-refractivity contribution in [1.82, 2.24) is 24.4 Å². The predicted molar refractivity (Wildman–Crippen MR) is 119 cm³/mol. The predicted octanol–water partition coefficient (Wildman–Crippen LogP) is 3.20. The summed E-state index contributed by atoms with van der Waals surface area (Å²) in [5.41, 5.74) is 6.81. The van der Waals surface area contributed by atoms with Crippen molar-refractivity contribution in [2.45, 2.75) is 26.1 Å². The van der Waals surface area contributed by atoms with Gasteiger partial charge in [0.1, 0.15) is 5.52 Å². The number of nitrogens with two attached hydrogens (primary N) is 1. The Labute approximate surface area is 189 Å². The first-order chi connectivity index (χ1) is 15.5. The fraction of sp³-hybridized carbons (Fsp3) is 0.409. The molecule has 11 heteroatoms. The van der Waals surface area contributed by atoms with Crippen LogP contribution in [0.4, 0.5) is 24.7 Å². The molecule has 33 heavy (non-hydrogen) atoms. The first kappa shape index (κ1) is 22.8. The highest BCUT2D eigenvalue weighted by Crippen LogP contribution is 2.33. The van der Waals surface area contributed by atoms with Crippen molar-refractivity contribution >= 4 is 22.9 Å². The summed E-state index contributed by atoms with van der Waals surface area (Å²) >= 11 is 0. The lowest BCUT2D eigenvalue weighted by Crippen LogP contribution is -2.47. The molecule has 8 nitrogen and oxygen atoms in total. The summed E-state index contributed by atoms with van der Waals surface area (Å²) in [6.07, 6.45) is -2.79. The number of halogens is 3. The summed E-state index contributed by atoms with van der Waals surface area (Å²) in [6, 6.07) is 4.60. The highest BCUT2D eigenvalue weighted by molar-refractivity contribution is 5.94. The summed E-state index contributed by atoms with van der Waals surface area (Å²) in [5, 5.41) is 7.59. The quantitative estimate of drug-likeness (QED) is 0.580. The van der Waals surface area contributed by atoms with Crippen LogP contribution in [0.5, 0.6) is 0 Å². The maximum absolute atomic E-state index is 13.2. The molecule has 3 N–H and O–H groups in total. The number of piperazine rings is 1. The van der Waals surface area contributed by atoms with E-state index in [-0.39, 0.29) is 11.6 Å². The van der Waals surface area contributed by atoms with Gasteiger partial charge in [0.15, 0.2) is 11.5 Å². The normalized spacial score (nSPS) is 16.2. The van der Waals surface area contributed by atoms with Gasteiger partial charge < -0.3 is 20.9 Å². The molecule has 0 bridgehead atoms. The van der Waals surface area contributed by atoms with Crippen LogP contribution in [0.2, 0.25) is 0 Å². The number of hydrogen-bond acceptors (Lipinski definition) is 6. The molecule has 3 heterocycles. The second-order valence-electron chi connectivity index (χ2n) is 8.44. The molecule has 3 aromatic rings. The lowest BCUT2D eigenvalue weighted by molar-refractivity contribution is -0.137. The summed E-state index contributed by atoms with van der Waals surface area (Å²) in [6.45, 7) is 6.34. The highest BCUT2D eigenvalue weighted by Gasteiger charge is 2.31. The number of hydrogen-bond donors (Lipinski definition) is 2. The standard InChI is InChI=1S/C22H26F3N7O/c1-13-12-32-19(11-18(29-32)21(33)31-6-4-30(3)5-7-31)20(27-13)28-14(2)15-8-16(22(23,24)25)10-17(26)9-15/h8-12,14H,4-7,26H2,1-3H3,(H,27,28)/t14-/m1/s1. The van der Waals surface area contributed by atoms with Crippen molar-refractivity contribution in [3.05, 3.63) is 53.0 Å². The van der Waals surface area contributed by atoms with E-state index in [0.29, 0.717) is 41.4 Å². The van der Waals surface area contributed by atoms with Gasteiger partial charge in [0.2, 0.25) is 0 Å². The number of likely N-dealkylation sites (N-methyl/N-ethyl adjacent to an activating group) is 1. The molecule has 1 amide bonds. The first-order valence-electron chi connectivity index (χ1n) is 10.6. The number of alkyl halides is 3. The second-order valence-corrected chi connectivity index (χ2v) is 8.44. The summed E-state index contributed by atoms with van der Waals surface area (Å²) in [5.74, 6) is 0.262. The number of carbonyl (C=O) groups is 1. The van der Waals surface area contributed by atoms with Gasteiger partial charge in [-0.2, -0.15) is 18.3 Å². The number of benzene rings is 1. The molecule has 1 aromatic carbocycles. The smallest absolute Gasteiger partial charge is 0.399 e. The van der Waals surface area contributed by atoms with Crippen LogP contribution in [-0.4, -0.2) is 63.5 Å². The van der Waals surface area contributed by atoms with Crippen molar-refractivity contribution in [2.75, 3.05) is 44.3 Å². The lowest BCUT2D eigenvalue weighted by atomic mass is 10.0. The van der Waals surface area contributed by atoms with Crippen molar-refractivity contribution in [3.63, 3.8) is 0 Å². The fourth-order valence-corrected chi connectivity index (χ4v) is 3.87. The van der Waals surface area contributed by atoms with E-state index in [1.54, 1.807) is 35.5 Å². The molecule has 0 spiro atoms. The van der Waals surface area contributed by atoms with Gasteiger partial charge in [-0.25, -0.2) is 9.50 Å². The fourth-order valence-electron chi connectivity index (χ4n) is 3.87. The Kier molecular flexibility index (Phi) is 5.91. The number of anilines is 2. The van der Waals surface area contributed by atoms with E-state index in [4.69, 9.17) is 5.73 Å². The Balaban J connectivity index is 1.63. The SMILES string of the molecule is Cc1cn2nc(C(=O)N3CCN(C)CC3)cc2c(N[C@H](C)c2cc(N)cc(C(F)(F)F)c2)n1. The van der Waals surface area contributed by atoms with Gasteiger partial charge in [-0.1, -0.05) is 0 Å². The number of nitrogen functional groups attached to an aromatic ring is 1. The number of aryl methyl sites for hydroxylation is 1. The number of nitrogens with zero attached hydrogens (tertiary/aromatic N) is 5. The van der Waals surface area contributed by atoms with Crippen LogP contribution in [0, 0.1) is 6.92 Å². The third-order valence-electron chi connectivity index (χ3n) is 5.74. The zero-order valence-electron chi connectivity index (χ0n) is 18.6. The molecule has 0 aliphatic carbocycles. The Bertz CT molecular complexity index is 1180. The molecule has 1 fully saturated rings. The van der Waals surface area contributed by atoms with Gasteiger partial charge in [0, 0.05) is 37.9 Å². The Hall–Kier alpha value is -3.34. The molecule has 0 unspecified atom stereocenters. The molecule has 1 aliphatic rings. The van der Waals surface area contributed by atoms with Gasteiger partial charge in [-0.15, -0.1) is 0 Å². The second kappa shape index (κ2) is 8.54. The van der Waals surface area contributed by atoms with Gasteiger partial charge in [0.25, 0.3) is 5.91 Å². The van der Waals surface area contributed by atoms with Gasteiger partial charge in [0.05, 0.1) is 23.5 Å². The molecule has 0 radical (unpaired) electrons. The minimum absolute atomic E-state index is 0.0280. The monoisotopic (exact) mass is 461 g/mol. The molecule has 4 rings (SSSR count). The Morgan fingerprint density at radius 1 is 1.15 bits per heavy atom. The summed E-state index contributed by atoms with van der Waals surface area (Å²) in [7, 11) is 2.01. The highest BCUT2D eigenvalue weighted by atomic mass is 19.4. The van der Waals surface area contributed by atoms with E-state index >= 15 is 0 Å². The van der Waals surface area contributed by atoms with Crippen molar-refractivity contribution in [2.24, 2.45) is 0 Å². The minimum Gasteiger partial charge on any atom is -0.399 e. The van der Waals surface area contributed by atoms with Crippen LogP contribution < -0.4 is 11.1 Å². The average molecular weight is 461 g/mol.